The second-order valence-corrected chi connectivity index (χ2v) is 11.0. The summed E-state index contributed by atoms with van der Waals surface area (Å²) in [6.07, 6.45) is -0.372. The van der Waals surface area contributed by atoms with Crippen LogP contribution in [0.25, 0.3) is 0 Å². The van der Waals surface area contributed by atoms with Crippen molar-refractivity contribution in [2.24, 2.45) is 5.92 Å². The van der Waals surface area contributed by atoms with Gasteiger partial charge in [0.15, 0.2) is 0 Å². The quantitative estimate of drug-likeness (QED) is 0.403. The van der Waals surface area contributed by atoms with Crippen molar-refractivity contribution in [3.63, 3.8) is 0 Å². The lowest BCUT2D eigenvalue weighted by Gasteiger charge is -2.35. The third kappa shape index (κ3) is 9.17. The van der Waals surface area contributed by atoms with Crippen molar-refractivity contribution in [3.05, 3.63) is 70.8 Å². The van der Waals surface area contributed by atoms with E-state index >= 15 is 0 Å². The Morgan fingerprint density at radius 1 is 1.00 bits per heavy atom. The maximum absolute atomic E-state index is 14.0. The number of ether oxygens (including phenoxy) is 1. The zero-order valence-electron chi connectivity index (χ0n) is 23.7. The first kappa shape index (κ1) is 30.8. The van der Waals surface area contributed by atoms with E-state index in [0.717, 1.165) is 16.7 Å². The molecule has 8 heteroatoms. The van der Waals surface area contributed by atoms with Crippen LogP contribution in [0.5, 0.6) is 0 Å². The molecule has 208 valence electrons. The SMILES string of the molecule is Cc1cccc(C(C(=O)NCc2ccccc2)N(CCO)C(=O)C(CC(C)C)NC(=O)OC(C)(C)C)c1C. The molecule has 0 heterocycles. The van der Waals surface area contributed by atoms with Gasteiger partial charge >= 0.3 is 6.09 Å². The highest BCUT2D eigenvalue weighted by atomic mass is 16.6. The molecule has 2 aromatic rings. The van der Waals surface area contributed by atoms with Gasteiger partial charge in [-0.1, -0.05) is 62.4 Å². The van der Waals surface area contributed by atoms with Crippen molar-refractivity contribution in [1.29, 1.82) is 0 Å². The highest BCUT2D eigenvalue weighted by molar-refractivity contribution is 5.92. The van der Waals surface area contributed by atoms with Crippen molar-refractivity contribution in [2.45, 2.75) is 79.1 Å². The molecule has 0 aliphatic carbocycles. The number of aliphatic hydroxyl groups excluding tert-OH is 1. The molecule has 8 nitrogen and oxygen atoms in total. The fourth-order valence-corrected chi connectivity index (χ4v) is 4.22. The van der Waals surface area contributed by atoms with Gasteiger partial charge in [-0.05, 0) is 69.2 Å². The van der Waals surface area contributed by atoms with Gasteiger partial charge in [-0.15, -0.1) is 0 Å². The highest BCUT2D eigenvalue weighted by Gasteiger charge is 2.37. The normalized spacial score (nSPS) is 13.0. The molecule has 2 rings (SSSR count). The fourth-order valence-electron chi connectivity index (χ4n) is 4.22. The summed E-state index contributed by atoms with van der Waals surface area (Å²) in [5.74, 6) is -0.759. The van der Waals surface area contributed by atoms with E-state index in [1.165, 1.54) is 4.90 Å². The zero-order valence-corrected chi connectivity index (χ0v) is 23.7. The minimum absolute atomic E-state index is 0.0703. The summed E-state index contributed by atoms with van der Waals surface area (Å²) < 4.78 is 5.41. The molecule has 0 aliphatic heterocycles. The lowest BCUT2D eigenvalue weighted by atomic mass is 9.94. The number of hydrogen-bond acceptors (Lipinski definition) is 5. The number of alkyl carbamates (subject to hydrolysis) is 1. The molecule has 38 heavy (non-hydrogen) atoms. The van der Waals surface area contributed by atoms with Crippen molar-refractivity contribution < 1.29 is 24.2 Å². The maximum atomic E-state index is 14.0. The van der Waals surface area contributed by atoms with Gasteiger partial charge in [-0.2, -0.15) is 0 Å². The molecule has 0 saturated heterocycles. The van der Waals surface area contributed by atoms with E-state index in [0.29, 0.717) is 12.0 Å². The Labute approximate surface area is 226 Å². The molecule has 0 fully saturated rings. The molecule has 2 unspecified atom stereocenters. The molecule has 0 radical (unpaired) electrons. The molecule has 3 amide bonds. The average molecular weight is 526 g/mol. The Morgan fingerprint density at radius 3 is 2.24 bits per heavy atom. The number of aryl methyl sites for hydroxylation is 1. The smallest absolute Gasteiger partial charge is 0.408 e. The van der Waals surface area contributed by atoms with Crippen LogP contribution in [0.2, 0.25) is 0 Å². The van der Waals surface area contributed by atoms with Crippen LogP contribution >= 0.6 is 0 Å². The topological polar surface area (TPSA) is 108 Å². The van der Waals surface area contributed by atoms with Gasteiger partial charge in [-0.3, -0.25) is 9.59 Å². The highest BCUT2D eigenvalue weighted by Crippen LogP contribution is 2.28. The molecule has 2 aromatic carbocycles. The third-order valence-electron chi connectivity index (χ3n) is 6.13. The molecular weight excluding hydrogens is 482 g/mol. The van der Waals surface area contributed by atoms with E-state index in [4.69, 9.17) is 4.74 Å². The van der Waals surface area contributed by atoms with E-state index in [1.807, 2.05) is 76.2 Å². The summed E-state index contributed by atoms with van der Waals surface area (Å²) in [5, 5.41) is 15.6. The molecule has 2 atom stereocenters. The van der Waals surface area contributed by atoms with Crippen molar-refractivity contribution in [3.8, 4) is 0 Å². The maximum Gasteiger partial charge on any atom is 0.408 e. The molecule has 3 N–H and O–H groups in total. The molecule has 0 saturated carbocycles. The summed E-state index contributed by atoms with van der Waals surface area (Å²) in [6, 6.07) is 13.2. The van der Waals surface area contributed by atoms with Crippen LogP contribution < -0.4 is 10.6 Å². The second-order valence-electron chi connectivity index (χ2n) is 11.0. The van der Waals surface area contributed by atoms with Gasteiger partial charge in [-0.25, -0.2) is 4.79 Å². The Kier molecular flexibility index (Phi) is 11.3. The summed E-state index contributed by atoms with van der Waals surface area (Å²) in [6.45, 7) is 12.8. The first-order valence-corrected chi connectivity index (χ1v) is 13.1. The summed E-state index contributed by atoms with van der Waals surface area (Å²) >= 11 is 0. The number of carbonyl (C=O) groups excluding carboxylic acids is 3. The predicted octanol–water partition coefficient (Wildman–Crippen LogP) is 4.42. The third-order valence-corrected chi connectivity index (χ3v) is 6.13. The Bertz CT molecular complexity index is 1080. The first-order valence-electron chi connectivity index (χ1n) is 13.1. The molecular formula is C30H43N3O5. The molecule has 0 aromatic heterocycles. The second kappa shape index (κ2) is 14.0. The summed E-state index contributed by atoms with van der Waals surface area (Å²) in [4.78, 5) is 41.8. The van der Waals surface area contributed by atoms with E-state index in [9.17, 15) is 19.5 Å². The van der Waals surface area contributed by atoms with E-state index < -0.39 is 29.7 Å². The Balaban J connectivity index is 2.48. The number of hydrogen-bond donors (Lipinski definition) is 3. The average Bonchev–Trinajstić information content (AvgIpc) is 2.83. The summed E-state index contributed by atoms with van der Waals surface area (Å²) in [7, 11) is 0. The number of amides is 3. The van der Waals surface area contributed by atoms with Crippen LogP contribution in [-0.4, -0.2) is 52.7 Å². The number of benzene rings is 2. The zero-order chi connectivity index (χ0) is 28.5. The summed E-state index contributed by atoms with van der Waals surface area (Å²) in [5.41, 5.74) is 2.70. The van der Waals surface area contributed by atoms with Crippen LogP contribution in [0.3, 0.4) is 0 Å². The number of aliphatic hydroxyl groups is 1. The monoisotopic (exact) mass is 525 g/mol. The van der Waals surface area contributed by atoms with Gasteiger partial charge in [0, 0.05) is 13.1 Å². The van der Waals surface area contributed by atoms with E-state index in [2.05, 4.69) is 10.6 Å². The van der Waals surface area contributed by atoms with Gasteiger partial charge in [0.25, 0.3) is 0 Å². The van der Waals surface area contributed by atoms with Crippen LogP contribution in [0.15, 0.2) is 48.5 Å². The molecule has 0 aliphatic rings. The number of rotatable bonds is 11. The Morgan fingerprint density at radius 2 is 1.66 bits per heavy atom. The van der Waals surface area contributed by atoms with E-state index in [-0.39, 0.29) is 31.5 Å². The lowest BCUT2D eigenvalue weighted by Crippen LogP contribution is -2.54. The van der Waals surface area contributed by atoms with Crippen LogP contribution in [0, 0.1) is 19.8 Å². The largest absolute Gasteiger partial charge is 0.444 e. The van der Waals surface area contributed by atoms with Gasteiger partial charge in [0.05, 0.1) is 6.61 Å². The van der Waals surface area contributed by atoms with E-state index in [1.54, 1.807) is 20.8 Å². The predicted molar refractivity (Wildman–Crippen MR) is 148 cm³/mol. The fraction of sp³-hybridized carbons (Fsp3) is 0.500. The van der Waals surface area contributed by atoms with Gasteiger partial charge < -0.3 is 25.4 Å². The van der Waals surface area contributed by atoms with Gasteiger partial charge in [0.2, 0.25) is 11.8 Å². The minimum Gasteiger partial charge on any atom is -0.444 e. The number of carbonyl (C=O) groups is 3. The number of nitrogens with one attached hydrogen (secondary N) is 2. The molecule has 0 bridgehead atoms. The van der Waals surface area contributed by atoms with Gasteiger partial charge in [0.1, 0.15) is 17.7 Å². The van der Waals surface area contributed by atoms with Crippen LogP contribution in [0.4, 0.5) is 4.79 Å². The first-order chi connectivity index (χ1) is 17.8. The van der Waals surface area contributed by atoms with Crippen molar-refractivity contribution >= 4 is 17.9 Å². The lowest BCUT2D eigenvalue weighted by molar-refractivity contribution is -0.143. The number of nitrogens with zero attached hydrogens (tertiary/aromatic N) is 1. The van der Waals surface area contributed by atoms with Crippen LogP contribution in [-0.2, 0) is 20.9 Å². The van der Waals surface area contributed by atoms with Crippen molar-refractivity contribution in [2.75, 3.05) is 13.2 Å². The Hall–Kier alpha value is -3.39. The minimum atomic E-state index is -1.01. The van der Waals surface area contributed by atoms with Crippen molar-refractivity contribution in [1.82, 2.24) is 15.5 Å². The standard InChI is InChI=1S/C30H43N3O5/c1-20(2)18-25(32-29(37)38-30(5,6)7)28(36)33(16-17-34)26(24-15-11-12-21(3)22(24)4)27(35)31-19-23-13-9-8-10-14-23/h8-15,20,25-26,34H,16-19H2,1-7H3,(H,31,35)(H,32,37). The van der Waals surface area contributed by atoms with Crippen LogP contribution in [0.1, 0.15) is 69.3 Å². The molecule has 0 spiro atoms.